The van der Waals surface area contributed by atoms with Crippen LogP contribution in [0, 0.1) is 10.1 Å². The third-order valence-corrected chi connectivity index (χ3v) is 5.35. The maximum atomic E-state index is 12.8. The molecule has 6 heteroatoms. The highest BCUT2D eigenvalue weighted by atomic mass is 16.6. The summed E-state index contributed by atoms with van der Waals surface area (Å²) in [4.78, 5) is 25.5. The third kappa shape index (κ3) is 3.82. The number of ether oxygens (including phenoxy) is 1. The predicted molar refractivity (Wildman–Crippen MR) is 113 cm³/mol. The maximum Gasteiger partial charge on any atom is 0.325 e. The van der Waals surface area contributed by atoms with Crippen LogP contribution in [0.15, 0.2) is 84.9 Å². The number of non-ortho nitro benzene ring substituents is 1. The number of benzene rings is 3. The van der Waals surface area contributed by atoms with Gasteiger partial charge < -0.3 is 4.74 Å². The minimum Gasteiger partial charge on any atom is -0.465 e. The largest absolute Gasteiger partial charge is 0.465 e. The number of nitro benzene ring substituents is 1. The number of nitro groups is 1. The van der Waals surface area contributed by atoms with E-state index in [1.807, 2.05) is 60.7 Å². The first-order valence-electron chi connectivity index (χ1n) is 9.90. The van der Waals surface area contributed by atoms with Crippen molar-refractivity contribution in [3.8, 4) is 0 Å². The number of esters is 1. The second-order valence-corrected chi connectivity index (χ2v) is 7.16. The van der Waals surface area contributed by atoms with E-state index < -0.39 is 11.0 Å². The Balaban J connectivity index is 1.75. The Morgan fingerprint density at radius 3 is 1.97 bits per heavy atom. The van der Waals surface area contributed by atoms with Gasteiger partial charge in [0.25, 0.3) is 5.69 Å². The van der Waals surface area contributed by atoms with E-state index in [1.54, 1.807) is 19.1 Å². The molecule has 0 aliphatic carbocycles. The van der Waals surface area contributed by atoms with Crippen molar-refractivity contribution < 1.29 is 14.5 Å². The number of carbonyl (C=O) groups excluding carboxylic acids is 1. The molecular formula is C24H22N2O4. The zero-order valence-electron chi connectivity index (χ0n) is 16.5. The average molecular weight is 402 g/mol. The van der Waals surface area contributed by atoms with Crippen molar-refractivity contribution in [3.63, 3.8) is 0 Å². The van der Waals surface area contributed by atoms with Gasteiger partial charge in [0.15, 0.2) is 0 Å². The normalized spacial score (nSPS) is 20.0. The van der Waals surface area contributed by atoms with Crippen LogP contribution in [0.4, 0.5) is 5.69 Å². The molecule has 0 radical (unpaired) electrons. The van der Waals surface area contributed by atoms with Gasteiger partial charge in [-0.2, -0.15) is 0 Å². The molecule has 152 valence electrons. The molecule has 0 spiro atoms. The Bertz CT molecular complexity index is 983. The van der Waals surface area contributed by atoms with Gasteiger partial charge in [-0.1, -0.05) is 72.8 Å². The summed E-state index contributed by atoms with van der Waals surface area (Å²) in [5, 5.41) is 11.0. The molecule has 0 bridgehead atoms. The lowest BCUT2D eigenvalue weighted by atomic mass is 9.98. The van der Waals surface area contributed by atoms with Crippen LogP contribution in [0.25, 0.3) is 0 Å². The quantitative estimate of drug-likeness (QED) is 0.248. The predicted octanol–water partition coefficient (Wildman–Crippen LogP) is 4.67. The molecule has 0 N–H and O–H groups in total. The number of carbonyl (C=O) groups is 1. The zero-order valence-corrected chi connectivity index (χ0v) is 16.5. The van der Waals surface area contributed by atoms with E-state index in [4.69, 9.17) is 4.74 Å². The van der Waals surface area contributed by atoms with Crippen LogP contribution in [0.3, 0.4) is 0 Å². The Labute approximate surface area is 174 Å². The van der Waals surface area contributed by atoms with Gasteiger partial charge in [0.2, 0.25) is 0 Å². The Morgan fingerprint density at radius 1 is 0.967 bits per heavy atom. The molecule has 1 fully saturated rings. The fourth-order valence-electron chi connectivity index (χ4n) is 4.00. The molecule has 0 aromatic heterocycles. The van der Waals surface area contributed by atoms with E-state index in [0.29, 0.717) is 6.61 Å². The van der Waals surface area contributed by atoms with Crippen LogP contribution in [-0.4, -0.2) is 28.4 Å². The molecule has 1 saturated heterocycles. The Morgan fingerprint density at radius 2 is 1.50 bits per heavy atom. The third-order valence-electron chi connectivity index (χ3n) is 5.35. The second-order valence-electron chi connectivity index (χ2n) is 7.16. The molecule has 3 aromatic rings. The summed E-state index contributed by atoms with van der Waals surface area (Å²) in [6, 6.07) is 25.6. The van der Waals surface area contributed by atoms with Gasteiger partial charge in [0.05, 0.1) is 23.6 Å². The average Bonchev–Trinajstić information content (AvgIpc) is 3.51. The molecule has 1 unspecified atom stereocenters. The van der Waals surface area contributed by atoms with Gasteiger partial charge in [-0.05, 0) is 23.6 Å². The van der Waals surface area contributed by atoms with Crippen LogP contribution < -0.4 is 0 Å². The van der Waals surface area contributed by atoms with Crippen molar-refractivity contribution in [2.24, 2.45) is 0 Å². The summed E-state index contributed by atoms with van der Waals surface area (Å²) in [5.41, 5.74) is 3.03. The first-order valence-corrected chi connectivity index (χ1v) is 9.90. The van der Waals surface area contributed by atoms with Crippen LogP contribution in [-0.2, 0) is 9.53 Å². The van der Waals surface area contributed by atoms with Crippen molar-refractivity contribution in [1.82, 2.24) is 4.90 Å². The molecular weight excluding hydrogens is 380 g/mol. The second kappa shape index (κ2) is 8.47. The molecule has 1 aliphatic heterocycles. The molecule has 30 heavy (non-hydrogen) atoms. The van der Waals surface area contributed by atoms with Crippen molar-refractivity contribution >= 4 is 11.7 Å². The van der Waals surface area contributed by atoms with Gasteiger partial charge >= 0.3 is 5.97 Å². The van der Waals surface area contributed by atoms with Crippen molar-refractivity contribution in [1.29, 1.82) is 0 Å². The molecule has 0 amide bonds. The van der Waals surface area contributed by atoms with Crippen LogP contribution in [0.1, 0.15) is 35.7 Å². The Hall–Kier alpha value is -3.51. The van der Waals surface area contributed by atoms with Crippen LogP contribution in [0.2, 0.25) is 0 Å². The topological polar surface area (TPSA) is 72.5 Å². The molecule has 0 saturated carbocycles. The van der Waals surface area contributed by atoms with E-state index in [2.05, 4.69) is 4.90 Å². The monoisotopic (exact) mass is 402 g/mol. The highest BCUT2D eigenvalue weighted by Crippen LogP contribution is 2.52. The minimum atomic E-state index is -0.447. The lowest BCUT2D eigenvalue weighted by molar-refractivity contribution is -0.384. The molecule has 3 atom stereocenters. The summed E-state index contributed by atoms with van der Waals surface area (Å²) in [6.07, 6.45) is 0. The smallest absolute Gasteiger partial charge is 0.325 e. The number of hydrogen-bond acceptors (Lipinski definition) is 5. The van der Waals surface area contributed by atoms with Gasteiger partial charge in [0, 0.05) is 12.1 Å². The number of nitrogens with zero attached hydrogens (tertiary/aromatic N) is 2. The van der Waals surface area contributed by atoms with Crippen molar-refractivity contribution in [3.05, 3.63) is 112 Å². The fraction of sp³-hybridized carbons (Fsp3) is 0.208. The van der Waals surface area contributed by atoms with Crippen LogP contribution in [0.5, 0.6) is 0 Å². The highest BCUT2D eigenvalue weighted by molar-refractivity contribution is 5.81. The van der Waals surface area contributed by atoms with Crippen LogP contribution >= 0.6 is 0 Å². The van der Waals surface area contributed by atoms with E-state index in [1.165, 1.54) is 12.1 Å². The standard InChI is InChI=1S/C24H22N2O4/c1-2-30-24(27)23-22(19-13-15-20(16-14-19)26(28)29)25(23)21(17-9-5-3-6-10-17)18-11-7-4-8-12-18/h3-16,21-23H,2H2,1H3/t22-,23-,25?/m1/s1. The molecule has 1 aliphatic rings. The van der Waals surface area contributed by atoms with Gasteiger partial charge in [-0.25, -0.2) is 0 Å². The number of rotatable bonds is 7. The fourth-order valence-corrected chi connectivity index (χ4v) is 4.00. The molecule has 1 heterocycles. The summed E-state index contributed by atoms with van der Waals surface area (Å²) >= 11 is 0. The van der Waals surface area contributed by atoms with E-state index in [-0.39, 0.29) is 23.7 Å². The van der Waals surface area contributed by atoms with Crippen molar-refractivity contribution in [2.45, 2.75) is 25.0 Å². The first-order chi connectivity index (χ1) is 14.6. The summed E-state index contributed by atoms with van der Waals surface area (Å²) in [6.45, 7) is 2.09. The van der Waals surface area contributed by atoms with Gasteiger partial charge in [-0.15, -0.1) is 0 Å². The highest BCUT2D eigenvalue weighted by Gasteiger charge is 2.58. The van der Waals surface area contributed by atoms with E-state index in [9.17, 15) is 14.9 Å². The summed E-state index contributed by atoms with van der Waals surface area (Å²) in [7, 11) is 0. The minimum absolute atomic E-state index is 0.0290. The van der Waals surface area contributed by atoms with E-state index >= 15 is 0 Å². The maximum absolute atomic E-state index is 12.8. The van der Waals surface area contributed by atoms with Gasteiger partial charge in [0.1, 0.15) is 6.04 Å². The Kier molecular flexibility index (Phi) is 5.59. The lowest BCUT2D eigenvalue weighted by Crippen LogP contribution is -2.20. The van der Waals surface area contributed by atoms with Crippen molar-refractivity contribution in [2.75, 3.05) is 6.61 Å². The zero-order chi connectivity index (χ0) is 21.1. The summed E-state index contributed by atoms with van der Waals surface area (Å²) in [5.74, 6) is -0.280. The molecule has 6 nitrogen and oxygen atoms in total. The first kappa shape index (κ1) is 19.8. The molecule has 3 aromatic carbocycles. The van der Waals surface area contributed by atoms with E-state index in [0.717, 1.165) is 16.7 Å². The van der Waals surface area contributed by atoms with Gasteiger partial charge in [-0.3, -0.25) is 19.8 Å². The number of hydrogen-bond donors (Lipinski definition) is 0. The SMILES string of the molecule is CCOC(=O)[C@H]1[C@@H](c2ccc([N+](=O)[O-])cc2)N1C(c1ccccc1)c1ccccc1. The summed E-state index contributed by atoms with van der Waals surface area (Å²) < 4.78 is 5.34. The lowest BCUT2D eigenvalue weighted by Gasteiger charge is -2.21. The molecule has 4 rings (SSSR count).